The number of rotatable bonds is 75. The van der Waals surface area contributed by atoms with Crippen LogP contribution >= 0.6 is 15.6 Å². The molecule has 0 saturated heterocycles. The molecule has 19 heteroatoms. The maximum absolute atomic E-state index is 13.1. The number of hydrogen-bond donors (Lipinski definition) is 3. The summed E-state index contributed by atoms with van der Waals surface area (Å²) in [5.74, 6) is -0.535. The highest BCUT2D eigenvalue weighted by Crippen LogP contribution is 2.45. The van der Waals surface area contributed by atoms with E-state index in [-0.39, 0.29) is 25.7 Å². The minimum atomic E-state index is -4.97. The zero-order chi connectivity index (χ0) is 71.4. The van der Waals surface area contributed by atoms with Crippen molar-refractivity contribution in [3.8, 4) is 0 Å². The van der Waals surface area contributed by atoms with Gasteiger partial charge in [-0.3, -0.25) is 37.3 Å². The van der Waals surface area contributed by atoms with Crippen molar-refractivity contribution in [2.45, 2.75) is 400 Å². The number of ether oxygens (including phenoxy) is 4. The average Bonchev–Trinajstić information content (AvgIpc) is 1.70. The fourth-order valence-electron chi connectivity index (χ4n) is 11.4. The third-order valence-corrected chi connectivity index (χ3v) is 19.8. The zero-order valence-corrected chi connectivity index (χ0v) is 64.7. The molecule has 0 spiro atoms. The van der Waals surface area contributed by atoms with Gasteiger partial charge in [0.05, 0.1) is 26.4 Å². The molecule has 0 heterocycles. The molecule has 0 aromatic rings. The van der Waals surface area contributed by atoms with Gasteiger partial charge in [0.15, 0.2) is 12.2 Å². The molecule has 17 nitrogen and oxygen atoms in total. The summed E-state index contributed by atoms with van der Waals surface area (Å²) in [7, 11) is -9.92. The number of unbranched alkanes of at least 4 members (excludes halogenated alkanes) is 41. The zero-order valence-electron chi connectivity index (χ0n) is 62.9. The minimum absolute atomic E-state index is 0.101. The molecule has 0 aliphatic rings. The highest BCUT2D eigenvalue weighted by Gasteiger charge is 2.30. The van der Waals surface area contributed by atoms with Gasteiger partial charge in [-0.25, -0.2) is 9.13 Å². The molecular formula is C78H148O17P2. The van der Waals surface area contributed by atoms with Crippen LogP contribution in [0, 0.1) is 11.8 Å². The average molecular weight is 1420 g/mol. The van der Waals surface area contributed by atoms with Crippen LogP contribution in [0.5, 0.6) is 0 Å². The second-order valence-electron chi connectivity index (χ2n) is 28.1. The van der Waals surface area contributed by atoms with Crippen molar-refractivity contribution in [3.63, 3.8) is 0 Å². The van der Waals surface area contributed by atoms with E-state index in [9.17, 15) is 43.2 Å². The van der Waals surface area contributed by atoms with Crippen molar-refractivity contribution in [1.29, 1.82) is 0 Å². The van der Waals surface area contributed by atoms with Gasteiger partial charge >= 0.3 is 39.5 Å². The minimum Gasteiger partial charge on any atom is -0.462 e. The Morgan fingerprint density at radius 1 is 0.340 bits per heavy atom. The quantitative estimate of drug-likeness (QED) is 0.0169. The number of allylic oxidation sites excluding steroid dienone is 4. The van der Waals surface area contributed by atoms with Crippen LogP contribution in [0.25, 0.3) is 0 Å². The lowest BCUT2D eigenvalue weighted by molar-refractivity contribution is -0.161. The lowest BCUT2D eigenvalue weighted by Gasteiger charge is -2.21. The molecule has 0 amide bonds. The Labute approximate surface area is 592 Å². The molecule has 3 unspecified atom stereocenters. The topological polar surface area (TPSA) is 237 Å². The van der Waals surface area contributed by atoms with Crippen LogP contribution in [0.15, 0.2) is 24.3 Å². The van der Waals surface area contributed by atoms with Crippen LogP contribution in [-0.2, 0) is 65.4 Å². The summed E-state index contributed by atoms with van der Waals surface area (Å²) in [4.78, 5) is 72.8. The molecule has 0 rings (SSSR count). The van der Waals surface area contributed by atoms with E-state index in [1.165, 1.54) is 180 Å². The third kappa shape index (κ3) is 70.4. The normalized spacial score (nSPS) is 14.4. The number of carbonyl (C=O) groups is 4. The van der Waals surface area contributed by atoms with Crippen LogP contribution < -0.4 is 0 Å². The second kappa shape index (κ2) is 69.3. The van der Waals surface area contributed by atoms with Crippen LogP contribution in [0.2, 0.25) is 0 Å². The van der Waals surface area contributed by atoms with E-state index in [0.717, 1.165) is 121 Å². The Bertz CT molecular complexity index is 1970. The van der Waals surface area contributed by atoms with Crippen LogP contribution in [0.4, 0.5) is 0 Å². The molecule has 3 N–H and O–H groups in total. The van der Waals surface area contributed by atoms with E-state index < -0.39 is 97.5 Å². The monoisotopic (exact) mass is 1420 g/mol. The van der Waals surface area contributed by atoms with Crippen LogP contribution in [0.3, 0.4) is 0 Å². The van der Waals surface area contributed by atoms with Gasteiger partial charge in [0.25, 0.3) is 0 Å². The van der Waals surface area contributed by atoms with E-state index in [1.54, 1.807) is 0 Å². The lowest BCUT2D eigenvalue weighted by Crippen LogP contribution is -2.30. The van der Waals surface area contributed by atoms with E-state index in [1.807, 2.05) is 0 Å². The van der Waals surface area contributed by atoms with E-state index in [4.69, 9.17) is 37.0 Å². The number of esters is 4. The Morgan fingerprint density at radius 3 is 0.928 bits per heavy atom. The van der Waals surface area contributed by atoms with Crippen LogP contribution in [0.1, 0.15) is 382 Å². The van der Waals surface area contributed by atoms with Gasteiger partial charge in [0, 0.05) is 25.7 Å². The number of phosphoric acid groups is 2. The maximum Gasteiger partial charge on any atom is 0.472 e. The first kappa shape index (κ1) is 94.5. The number of carbonyl (C=O) groups excluding carboxylic acids is 4. The molecule has 0 saturated carbocycles. The summed E-state index contributed by atoms with van der Waals surface area (Å²) < 4.78 is 68.5. The summed E-state index contributed by atoms with van der Waals surface area (Å²) in [6.45, 7) is 9.58. The highest BCUT2D eigenvalue weighted by molar-refractivity contribution is 7.47. The molecule has 0 aliphatic carbocycles. The predicted molar refractivity (Wildman–Crippen MR) is 395 cm³/mol. The molecule has 572 valence electrons. The molecule has 0 bridgehead atoms. The number of aliphatic hydroxyl groups excluding tert-OH is 1. The third-order valence-electron chi connectivity index (χ3n) is 17.9. The van der Waals surface area contributed by atoms with Crippen molar-refractivity contribution in [1.82, 2.24) is 0 Å². The fraction of sp³-hybridized carbons (Fsp3) is 0.897. The van der Waals surface area contributed by atoms with Crippen molar-refractivity contribution in [2.75, 3.05) is 39.6 Å². The van der Waals surface area contributed by atoms with Gasteiger partial charge in [0.2, 0.25) is 0 Å². The van der Waals surface area contributed by atoms with Crippen molar-refractivity contribution < 1.29 is 80.2 Å². The van der Waals surface area contributed by atoms with E-state index in [0.29, 0.717) is 25.7 Å². The van der Waals surface area contributed by atoms with Crippen molar-refractivity contribution in [3.05, 3.63) is 24.3 Å². The molecule has 0 aliphatic heterocycles. The maximum atomic E-state index is 13.1. The second-order valence-corrected chi connectivity index (χ2v) is 31.0. The highest BCUT2D eigenvalue weighted by atomic mass is 31.2. The first-order valence-corrected chi connectivity index (χ1v) is 42.8. The molecule has 6 atom stereocenters. The largest absolute Gasteiger partial charge is 0.472 e. The number of hydrogen-bond acceptors (Lipinski definition) is 15. The summed E-state index contributed by atoms with van der Waals surface area (Å²) in [6.07, 6.45) is 60.4. The standard InChI is InChI=1S/C78H148O17P2/c1-7-10-12-14-16-18-19-20-23-27-30-37-43-49-55-61-76(81)89-67-74(94-77(82)62-56-50-44-38-31-28-25-22-21-24-26-29-35-40-46-52-58-70(4)5)69-93-97(86,87)91-65-72(79)64-90-96(84,85)92-68-73(66-88-75(80)60-54-48-42-34-17-15-13-11-8-2)95-78(83)63-57-51-45-39-33-32-36-41-47-53-59-71(6)9-3/h18-20,23,70-74,79H,7-17,21-22,24-69H2,1-6H3,(H,84,85)(H,86,87)/b19-18-,23-20-/t71?,72-,73+,74+/m0/s1. The Kier molecular flexibility index (Phi) is 67.5. The SMILES string of the molecule is CCCCCC/C=C\C=C/CCCCCCCC(=O)OC[C@H](COP(=O)(O)OC[C@@H](O)COP(=O)(O)OC[C@@H](COC(=O)CCCCCCCCCCC)OC(=O)CCCCCCCCCCCCC(C)CC)OC(=O)CCCCCCCCCCCCCCCCCCC(C)C. The van der Waals surface area contributed by atoms with Gasteiger partial charge in [-0.15, -0.1) is 0 Å². The summed E-state index contributed by atoms with van der Waals surface area (Å²) in [5.41, 5.74) is 0. The van der Waals surface area contributed by atoms with Gasteiger partial charge in [0.1, 0.15) is 19.3 Å². The molecule has 0 aromatic heterocycles. The van der Waals surface area contributed by atoms with Gasteiger partial charge in [-0.2, -0.15) is 0 Å². The smallest absolute Gasteiger partial charge is 0.462 e. The molecule has 0 radical (unpaired) electrons. The number of phosphoric ester groups is 2. The Balaban J connectivity index is 5.26. The Morgan fingerprint density at radius 2 is 0.608 bits per heavy atom. The van der Waals surface area contributed by atoms with Gasteiger partial charge in [-0.1, -0.05) is 329 Å². The first-order chi connectivity index (χ1) is 46.9. The lowest BCUT2D eigenvalue weighted by atomic mass is 9.99. The van der Waals surface area contributed by atoms with E-state index in [2.05, 4.69) is 65.8 Å². The molecular weight excluding hydrogens is 1270 g/mol. The van der Waals surface area contributed by atoms with Crippen LogP contribution in [-0.4, -0.2) is 96.7 Å². The van der Waals surface area contributed by atoms with E-state index >= 15 is 0 Å². The predicted octanol–water partition coefficient (Wildman–Crippen LogP) is 22.7. The van der Waals surface area contributed by atoms with Gasteiger partial charge in [-0.05, 0) is 63.2 Å². The Hall–Kier alpha value is -2.46. The molecule has 0 fully saturated rings. The molecule has 0 aromatic carbocycles. The first-order valence-electron chi connectivity index (χ1n) is 39.8. The molecule has 97 heavy (non-hydrogen) atoms. The summed E-state index contributed by atoms with van der Waals surface area (Å²) in [5, 5.41) is 10.6. The van der Waals surface area contributed by atoms with Crippen molar-refractivity contribution >= 4 is 39.5 Å². The summed E-state index contributed by atoms with van der Waals surface area (Å²) >= 11 is 0. The van der Waals surface area contributed by atoms with Crippen molar-refractivity contribution in [2.24, 2.45) is 11.8 Å². The van der Waals surface area contributed by atoms with Gasteiger partial charge < -0.3 is 33.8 Å². The summed E-state index contributed by atoms with van der Waals surface area (Å²) in [6, 6.07) is 0. The fourth-order valence-corrected chi connectivity index (χ4v) is 13.0. The number of aliphatic hydroxyl groups is 1.